The summed E-state index contributed by atoms with van der Waals surface area (Å²) in [4.78, 5) is 15.0. The molecule has 140 valence electrons. The second kappa shape index (κ2) is 7.31. The molecular formula is C21H23N3O3. The molecule has 0 aliphatic carbocycles. The smallest absolute Gasteiger partial charge is 0.229 e. The number of carbonyl (C=O) groups excluding carboxylic acids is 1. The minimum Gasteiger partial charge on any atom is -0.493 e. The van der Waals surface area contributed by atoms with Gasteiger partial charge in [0.05, 0.1) is 37.9 Å². The van der Waals surface area contributed by atoms with E-state index < -0.39 is 0 Å². The molecule has 1 saturated heterocycles. The van der Waals surface area contributed by atoms with Gasteiger partial charge in [-0.2, -0.15) is 5.10 Å². The fraction of sp³-hybridized carbons (Fsp3) is 0.333. The lowest BCUT2D eigenvalue weighted by atomic mass is 10.0. The zero-order valence-electron chi connectivity index (χ0n) is 15.6. The first-order valence-electron chi connectivity index (χ1n) is 9.14. The predicted molar refractivity (Wildman–Crippen MR) is 103 cm³/mol. The highest BCUT2D eigenvalue weighted by Crippen LogP contribution is 2.37. The highest BCUT2D eigenvalue weighted by molar-refractivity contribution is 5.87. The first-order chi connectivity index (χ1) is 13.2. The summed E-state index contributed by atoms with van der Waals surface area (Å²) in [7, 11) is 3.25. The largest absolute Gasteiger partial charge is 0.493 e. The number of rotatable bonds is 5. The van der Waals surface area contributed by atoms with Crippen molar-refractivity contribution < 1.29 is 14.3 Å². The average Bonchev–Trinajstić information content (AvgIpc) is 3.35. The van der Waals surface area contributed by atoms with Crippen molar-refractivity contribution in [1.29, 1.82) is 0 Å². The van der Waals surface area contributed by atoms with Gasteiger partial charge in [0.25, 0.3) is 0 Å². The molecule has 6 heteroatoms. The summed E-state index contributed by atoms with van der Waals surface area (Å²) < 4.78 is 10.7. The molecule has 1 aliphatic rings. The van der Waals surface area contributed by atoms with Crippen molar-refractivity contribution >= 4 is 16.8 Å². The lowest BCUT2D eigenvalue weighted by molar-refractivity contribution is -0.131. The van der Waals surface area contributed by atoms with Gasteiger partial charge in [-0.05, 0) is 36.6 Å². The maximum atomic E-state index is 13.0. The molecule has 0 spiro atoms. The summed E-state index contributed by atoms with van der Waals surface area (Å²) in [6, 6.07) is 13.8. The zero-order chi connectivity index (χ0) is 18.8. The van der Waals surface area contributed by atoms with Crippen molar-refractivity contribution in [1.82, 2.24) is 15.1 Å². The lowest BCUT2D eigenvalue weighted by Crippen LogP contribution is -2.32. The van der Waals surface area contributed by atoms with Gasteiger partial charge in [-0.3, -0.25) is 9.89 Å². The fourth-order valence-corrected chi connectivity index (χ4v) is 3.87. The van der Waals surface area contributed by atoms with E-state index >= 15 is 0 Å². The summed E-state index contributed by atoms with van der Waals surface area (Å²) in [5.41, 5.74) is 2.83. The van der Waals surface area contributed by atoms with E-state index in [1.165, 1.54) is 0 Å². The molecule has 1 fully saturated rings. The molecule has 2 aromatic carbocycles. The first-order valence-corrected chi connectivity index (χ1v) is 9.14. The van der Waals surface area contributed by atoms with Gasteiger partial charge in [0.1, 0.15) is 0 Å². The van der Waals surface area contributed by atoms with E-state index in [-0.39, 0.29) is 11.9 Å². The van der Waals surface area contributed by atoms with Gasteiger partial charge < -0.3 is 14.4 Å². The minimum atomic E-state index is 0.0616. The van der Waals surface area contributed by atoms with Crippen LogP contribution in [0.2, 0.25) is 0 Å². The molecule has 27 heavy (non-hydrogen) atoms. The first kappa shape index (κ1) is 17.4. The van der Waals surface area contributed by atoms with Crippen LogP contribution in [0, 0.1) is 0 Å². The maximum absolute atomic E-state index is 13.0. The number of benzene rings is 2. The molecule has 1 N–H and O–H groups in total. The molecule has 1 aliphatic heterocycles. The van der Waals surface area contributed by atoms with E-state index in [4.69, 9.17) is 9.47 Å². The Hall–Kier alpha value is -3.02. The number of H-pyrrole nitrogens is 1. The molecule has 4 rings (SSSR count). The van der Waals surface area contributed by atoms with Gasteiger partial charge in [-0.25, -0.2) is 0 Å². The number of para-hydroxylation sites is 1. The second-order valence-corrected chi connectivity index (χ2v) is 6.76. The number of hydrogen-bond acceptors (Lipinski definition) is 4. The van der Waals surface area contributed by atoms with Crippen LogP contribution < -0.4 is 9.47 Å². The van der Waals surface area contributed by atoms with E-state index in [0.29, 0.717) is 17.9 Å². The van der Waals surface area contributed by atoms with Gasteiger partial charge in [-0.15, -0.1) is 0 Å². The monoisotopic (exact) mass is 365 g/mol. The van der Waals surface area contributed by atoms with Crippen molar-refractivity contribution in [3.05, 3.63) is 53.7 Å². The number of ether oxygens (including phenoxy) is 2. The van der Waals surface area contributed by atoms with Crippen LogP contribution in [0.3, 0.4) is 0 Å². The number of likely N-dealkylation sites (tertiary alicyclic amines) is 1. The second-order valence-electron chi connectivity index (χ2n) is 6.76. The van der Waals surface area contributed by atoms with Gasteiger partial charge in [-0.1, -0.05) is 24.3 Å². The van der Waals surface area contributed by atoms with Crippen molar-refractivity contribution in [2.24, 2.45) is 0 Å². The van der Waals surface area contributed by atoms with Crippen molar-refractivity contribution in [3.63, 3.8) is 0 Å². The Morgan fingerprint density at radius 1 is 1.19 bits per heavy atom. The van der Waals surface area contributed by atoms with Gasteiger partial charge >= 0.3 is 0 Å². The van der Waals surface area contributed by atoms with Crippen LogP contribution in [0.5, 0.6) is 11.5 Å². The normalized spacial score (nSPS) is 16.7. The Morgan fingerprint density at radius 3 is 2.81 bits per heavy atom. The number of hydrogen-bond donors (Lipinski definition) is 1. The van der Waals surface area contributed by atoms with Crippen LogP contribution >= 0.6 is 0 Å². The van der Waals surface area contributed by atoms with Crippen LogP contribution in [0.1, 0.15) is 30.1 Å². The molecule has 0 unspecified atom stereocenters. The third-order valence-electron chi connectivity index (χ3n) is 5.23. The van der Waals surface area contributed by atoms with Crippen LogP contribution in [-0.4, -0.2) is 41.8 Å². The molecule has 1 atom stereocenters. The Labute approximate surface area is 158 Å². The number of methoxy groups -OCH3 is 2. The van der Waals surface area contributed by atoms with E-state index in [9.17, 15) is 4.79 Å². The standard InChI is InChI=1S/C21H23N3O3/c1-26-19-10-9-14(12-20(19)27-2)18-8-5-11-24(18)21(25)13-17-15-6-3-4-7-16(15)22-23-17/h3-4,6-7,9-10,12,18H,5,8,11,13H2,1-2H3,(H,22,23)/t18-/m0/s1. The zero-order valence-corrected chi connectivity index (χ0v) is 15.6. The molecule has 0 bridgehead atoms. The van der Waals surface area contributed by atoms with E-state index in [1.807, 2.05) is 47.4 Å². The fourth-order valence-electron chi connectivity index (χ4n) is 3.87. The van der Waals surface area contributed by atoms with E-state index in [2.05, 4.69) is 10.2 Å². The van der Waals surface area contributed by atoms with Crippen LogP contribution in [0.4, 0.5) is 0 Å². The van der Waals surface area contributed by atoms with Crippen LogP contribution in [0.25, 0.3) is 10.9 Å². The Morgan fingerprint density at radius 2 is 2.00 bits per heavy atom. The number of nitrogens with one attached hydrogen (secondary N) is 1. The van der Waals surface area contributed by atoms with Gasteiger partial charge in [0.15, 0.2) is 11.5 Å². The number of aromatic nitrogens is 2. The molecule has 1 aromatic heterocycles. The summed E-state index contributed by atoms with van der Waals surface area (Å²) in [5.74, 6) is 1.50. The minimum absolute atomic E-state index is 0.0616. The lowest BCUT2D eigenvalue weighted by Gasteiger charge is -2.25. The van der Waals surface area contributed by atoms with Crippen LogP contribution in [-0.2, 0) is 11.2 Å². The number of carbonyl (C=O) groups is 1. The third kappa shape index (κ3) is 3.23. The summed E-state index contributed by atoms with van der Waals surface area (Å²) in [5, 5.41) is 8.32. The SMILES string of the molecule is COc1ccc([C@@H]2CCCN2C(=O)Cc2[nH]nc3ccccc23)cc1OC. The Bertz CT molecular complexity index is 966. The molecule has 0 saturated carbocycles. The molecule has 2 heterocycles. The molecule has 1 amide bonds. The summed E-state index contributed by atoms with van der Waals surface area (Å²) in [6.45, 7) is 0.768. The molecule has 6 nitrogen and oxygen atoms in total. The topological polar surface area (TPSA) is 67.5 Å². The highest BCUT2D eigenvalue weighted by Gasteiger charge is 2.31. The van der Waals surface area contributed by atoms with E-state index in [0.717, 1.165) is 41.5 Å². The molecule has 0 radical (unpaired) electrons. The quantitative estimate of drug-likeness (QED) is 0.752. The predicted octanol–water partition coefficient (Wildman–Crippen LogP) is 3.49. The molecule has 3 aromatic rings. The van der Waals surface area contributed by atoms with Crippen LogP contribution in [0.15, 0.2) is 42.5 Å². The summed E-state index contributed by atoms with van der Waals surface area (Å²) in [6.07, 6.45) is 2.27. The maximum Gasteiger partial charge on any atom is 0.229 e. The third-order valence-corrected chi connectivity index (χ3v) is 5.23. The number of aromatic amines is 1. The van der Waals surface area contributed by atoms with Crippen molar-refractivity contribution in [2.45, 2.75) is 25.3 Å². The molecular weight excluding hydrogens is 342 g/mol. The summed E-state index contributed by atoms with van der Waals surface area (Å²) >= 11 is 0. The highest BCUT2D eigenvalue weighted by atomic mass is 16.5. The average molecular weight is 365 g/mol. The number of nitrogens with zero attached hydrogens (tertiary/aromatic N) is 2. The van der Waals surface area contributed by atoms with Gasteiger partial charge in [0, 0.05) is 11.9 Å². The number of fused-ring (bicyclic) bond motifs is 1. The Balaban J connectivity index is 1.57. The number of amides is 1. The van der Waals surface area contributed by atoms with Crippen molar-refractivity contribution in [2.75, 3.05) is 20.8 Å². The van der Waals surface area contributed by atoms with Crippen molar-refractivity contribution in [3.8, 4) is 11.5 Å². The van der Waals surface area contributed by atoms with Gasteiger partial charge in [0.2, 0.25) is 5.91 Å². The Kier molecular flexibility index (Phi) is 4.71. The van der Waals surface area contributed by atoms with E-state index in [1.54, 1.807) is 14.2 Å².